The lowest BCUT2D eigenvalue weighted by Crippen LogP contribution is -2.43. The van der Waals surface area contributed by atoms with Gasteiger partial charge in [0.1, 0.15) is 17.5 Å². The fraction of sp³-hybridized carbons (Fsp3) is 0.233. The number of carbonyl (C=O) groups excluding carboxylic acids is 2. The third-order valence-electron chi connectivity index (χ3n) is 6.80. The van der Waals surface area contributed by atoms with Crippen LogP contribution in [0.25, 0.3) is 5.82 Å². The van der Waals surface area contributed by atoms with E-state index in [1.807, 2.05) is 10.8 Å². The Hall–Kier alpha value is -5.23. The highest BCUT2D eigenvalue weighted by molar-refractivity contribution is 7.89. The third-order valence-corrected chi connectivity index (χ3v) is 8.01. The quantitative estimate of drug-likeness (QED) is 0.267. The molecule has 4 aromatic rings. The number of fused-ring (bicyclic) bond motifs is 1. The third kappa shape index (κ3) is 7.84. The van der Waals surface area contributed by atoms with Crippen LogP contribution in [0.3, 0.4) is 0 Å². The maximum atomic E-state index is 13.5. The molecule has 0 bridgehead atoms. The number of carbonyl (C=O) groups is 2. The molecule has 0 spiro atoms. The zero-order valence-corrected chi connectivity index (χ0v) is 24.2. The monoisotopic (exact) mass is 638 g/mol. The number of nitrogens with one attached hydrogen (secondary N) is 2. The number of ether oxygens (including phenoxy) is 1. The van der Waals surface area contributed by atoms with Crippen LogP contribution in [0.1, 0.15) is 49.7 Å². The molecule has 2 aromatic heterocycles. The van der Waals surface area contributed by atoms with Gasteiger partial charge in [0.25, 0.3) is 11.8 Å². The normalized spacial score (nSPS) is 14.6. The molecule has 232 valence electrons. The Bertz CT molecular complexity index is 1870. The molecule has 0 aliphatic carbocycles. The molecule has 0 unspecified atom stereocenters. The molecule has 5 rings (SSSR count). The van der Waals surface area contributed by atoms with Crippen molar-refractivity contribution in [2.75, 3.05) is 6.61 Å². The Morgan fingerprint density at radius 1 is 1.11 bits per heavy atom. The summed E-state index contributed by atoms with van der Waals surface area (Å²) in [6.45, 7) is -1.42. The van der Waals surface area contributed by atoms with E-state index in [0.29, 0.717) is 24.0 Å². The Morgan fingerprint density at radius 3 is 2.56 bits per heavy atom. The number of nitriles is 1. The second kappa shape index (κ2) is 12.8. The summed E-state index contributed by atoms with van der Waals surface area (Å²) in [4.78, 5) is 31.0. The van der Waals surface area contributed by atoms with Crippen molar-refractivity contribution in [3.63, 3.8) is 0 Å². The number of pyridine rings is 1. The maximum Gasteiger partial charge on any atom is 0.422 e. The van der Waals surface area contributed by atoms with Crippen LogP contribution < -0.4 is 14.8 Å². The smallest absolute Gasteiger partial charge is 0.422 e. The summed E-state index contributed by atoms with van der Waals surface area (Å²) in [7, 11) is -4.19. The Morgan fingerprint density at radius 2 is 1.87 bits per heavy atom. The first-order chi connectivity index (χ1) is 21.4. The van der Waals surface area contributed by atoms with Gasteiger partial charge in [0.05, 0.1) is 22.6 Å². The molecule has 1 aliphatic heterocycles. The first-order valence-corrected chi connectivity index (χ1v) is 15.2. The van der Waals surface area contributed by atoms with Crippen LogP contribution in [-0.4, -0.2) is 53.8 Å². The van der Waals surface area contributed by atoms with Crippen LogP contribution in [0.15, 0.2) is 72.9 Å². The van der Waals surface area contributed by atoms with Crippen molar-refractivity contribution in [1.82, 2.24) is 24.8 Å². The molecular formula is C30H25F3N6O5S. The molecule has 1 aliphatic rings. The number of aromatic nitrogens is 3. The van der Waals surface area contributed by atoms with E-state index in [1.165, 1.54) is 30.5 Å². The molecule has 0 fully saturated rings. The molecule has 3 heterocycles. The zero-order chi connectivity index (χ0) is 32.2. The molecule has 15 heteroatoms. The maximum absolute atomic E-state index is 13.5. The van der Waals surface area contributed by atoms with Crippen molar-refractivity contribution in [2.45, 2.75) is 37.2 Å². The van der Waals surface area contributed by atoms with Crippen molar-refractivity contribution in [2.24, 2.45) is 0 Å². The standard InChI is InChI=1S/C30H25F3N6O5S/c31-30(32,33)18-44-23-8-4-7-19(13-23)9-11-22-14-24-26(28(40)36-22)27(39(37-24)25-12-10-21(15-34)16-35-25)29(41)38-45(42,43)17-20-5-2-1-3-6-20/h1-8,10,12-13,16,22H,9,11,14,17-18H2,(H,36,40)(H,38,41)/t22-/m0/s1. The highest BCUT2D eigenvalue weighted by Gasteiger charge is 2.36. The first kappa shape index (κ1) is 31.2. The summed E-state index contributed by atoms with van der Waals surface area (Å²) in [5, 5.41) is 16.4. The van der Waals surface area contributed by atoms with Gasteiger partial charge in [-0.1, -0.05) is 42.5 Å². The van der Waals surface area contributed by atoms with E-state index in [0.717, 1.165) is 4.68 Å². The molecule has 2 N–H and O–H groups in total. The minimum absolute atomic E-state index is 0.0614. The van der Waals surface area contributed by atoms with Crippen molar-refractivity contribution < 1.29 is 35.9 Å². The highest BCUT2D eigenvalue weighted by Crippen LogP contribution is 2.26. The van der Waals surface area contributed by atoms with E-state index < -0.39 is 46.4 Å². The molecular weight excluding hydrogens is 613 g/mol. The zero-order valence-electron chi connectivity index (χ0n) is 23.4. The number of benzene rings is 2. The molecule has 0 saturated heterocycles. The number of sulfonamides is 1. The van der Waals surface area contributed by atoms with Gasteiger partial charge in [0, 0.05) is 18.7 Å². The molecule has 0 radical (unpaired) electrons. The number of halogens is 3. The lowest BCUT2D eigenvalue weighted by Gasteiger charge is -2.23. The average Bonchev–Trinajstić information content (AvgIpc) is 3.39. The van der Waals surface area contributed by atoms with Gasteiger partial charge in [-0.15, -0.1) is 0 Å². The van der Waals surface area contributed by atoms with Gasteiger partial charge >= 0.3 is 6.18 Å². The largest absolute Gasteiger partial charge is 0.484 e. The van der Waals surface area contributed by atoms with Gasteiger partial charge in [-0.3, -0.25) is 9.59 Å². The number of aryl methyl sites for hydroxylation is 1. The van der Waals surface area contributed by atoms with E-state index in [4.69, 9.17) is 10.00 Å². The van der Waals surface area contributed by atoms with E-state index in [1.54, 1.807) is 42.5 Å². The van der Waals surface area contributed by atoms with E-state index in [9.17, 15) is 31.2 Å². The van der Waals surface area contributed by atoms with E-state index in [2.05, 4.69) is 15.4 Å². The SMILES string of the molecule is N#Cc1ccc(-n2nc3c(c2C(=O)NS(=O)(=O)Cc2ccccc2)C(=O)N[C@@H](CCc2cccc(OCC(F)(F)F)c2)C3)nc1. The molecule has 11 nitrogen and oxygen atoms in total. The molecule has 1 atom stereocenters. The number of hydrogen-bond donors (Lipinski definition) is 2. The van der Waals surface area contributed by atoms with E-state index in [-0.39, 0.29) is 40.5 Å². The molecule has 2 amide bonds. The van der Waals surface area contributed by atoms with Crippen molar-refractivity contribution in [1.29, 1.82) is 5.26 Å². The van der Waals surface area contributed by atoms with Gasteiger partial charge in [0.2, 0.25) is 10.0 Å². The molecule has 45 heavy (non-hydrogen) atoms. The van der Waals surface area contributed by atoms with Crippen LogP contribution in [0.2, 0.25) is 0 Å². The Balaban J connectivity index is 1.39. The van der Waals surface area contributed by atoms with Crippen LogP contribution in [0.4, 0.5) is 13.2 Å². The summed E-state index contributed by atoms with van der Waals surface area (Å²) >= 11 is 0. The van der Waals surface area contributed by atoms with Gasteiger partial charge in [0.15, 0.2) is 12.4 Å². The second-order valence-corrected chi connectivity index (χ2v) is 12.0. The predicted molar refractivity (Wildman–Crippen MR) is 154 cm³/mol. The Labute approximate surface area is 255 Å². The van der Waals surface area contributed by atoms with Crippen molar-refractivity contribution >= 4 is 21.8 Å². The van der Waals surface area contributed by atoms with Crippen LogP contribution in [0.5, 0.6) is 5.75 Å². The van der Waals surface area contributed by atoms with Gasteiger partial charge < -0.3 is 10.1 Å². The predicted octanol–water partition coefficient (Wildman–Crippen LogP) is 3.63. The summed E-state index contributed by atoms with van der Waals surface area (Å²) in [5.41, 5.74) is 1.13. The van der Waals surface area contributed by atoms with Crippen LogP contribution in [0, 0.1) is 11.3 Å². The second-order valence-electron chi connectivity index (χ2n) is 10.2. The number of alkyl halides is 3. The number of hydrogen-bond acceptors (Lipinski definition) is 8. The van der Waals surface area contributed by atoms with Gasteiger partial charge in [-0.25, -0.2) is 22.8 Å². The van der Waals surface area contributed by atoms with Crippen molar-refractivity contribution in [3.05, 3.63) is 107 Å². The lowest BCUT2D eigenvalue weighted by atomic mass is 9.95. The number of rotatable bonds is 10. The van der Waals surface area contributed by atoms with Gasteiger partial charge in [-0.05, 0) is 48.2 Å². The fourth-order valence-corrected chi connectivity index (χ4v) is 5.91. The highest BCUT2D eigenvalue weighted by atomic mass is 32.2. The van der Waals surface area contributed by atoms with Gasteiger partial charge in [-0.2, -0.15) is 23.5 Å². The van der Waals surface area contributed by atoms with Crippen molar-refractivity contribution in [3.8, 4) is 17.6 Å². The topological polar surface area (TPSA) is 156 Å². The van der Waals surface area contributed by atoms with Crippen LogP contribution in [-0.2, 0) is 28.6 Å². The minimum Gasteiger partial charge on any atom is -0.484 e. The van der Waals surface area contributed by atoms with E-state index >= 15 is 0 Å². The first-order valence-electron chi connectivity index (χ1n) is 13.6. The average molecular weight is 639 g/mol. The summed E-state index contributed by atoms with van der Waals surface area (Å²) in [6, 6.07) is 18.8. The molecule has 2 aromatic carbocycles. The lowest BCUT2D eigenvalue weighted by molar-refractivity contribution is -0.153. The number of amides is 2. The summed E-state index contributed by atoms with van der Waals surface area (Å²) in [6.07, 6.45) is -2.29. The molecule has 0 saturated carbocycles. The summed E-state index contributed by atoms with van der Waals surface area (Å²) < 4.78 is 71.3. The van der Waals surface area contributed by atoms with Crippen LogP contribution >= 0.6 is 0 Å². The Kier molecular flexibility index (Phi) is 8.87. The summed E-state index contributed by atoms with van der Waals surface area (Å²) in [5.74, 6) is -2.09. The number of nitrogens with zero attached hydrogens (tertiary/aromatic N) is 4. The fourth-order valence-electron chi connectivity index (χ4n) is 4.83. The minimum atomic E-state index is -4.47.